The molecular formula is C52H92N8O12. The van der Waals surface area contributed by atoms with Crippen molar-refractivity contribution in [1.29, 1.82) is 0 Å². The number of esters is 1. The van der Waals surface area contributed by atoms with Crippen LogP contribution in [0.2, 0.25) is 0 Å². The molecule has 20 nitrogen and oxygen atoms in total. The molecule has 0 saturated carbocycles. The number of nitrogens with one attached hydrogen (secondary N) is 7. The highest BCUT2D eigenvalue weighted by Crippen LogP contribution is 2.20. The summed E-state index contributed by atoms with van der Waals surface area (Å²) >= 11 is 0. The van der Waals surface area contributed by atoms with E-state index in [0.717, 1.165) is 38.5 Å². The van der Waals surface area contributed by atoms with E-state index in [-0.39, 0.29) is 56.3 Å². The number of carbonyl (C=O) groups excluding carboxylic acids is 9. The molecule has 1 saturated heterocycles. The summed E-state index contributed by atoms with van der Waals surface area (Å²) in [5.41, 5.74) is 5.49. The fourth-order valence-electron chi connectivity index (χ4n) is 8.37. The lowest BCUT2D eigenvalue weighted by molar-refractivity contribution is -0.156. The molecule has 0 aromatic heterocycles. The van der Waals surface area contributed by atoms with Crippen LogP contribution in [0, 0.1) is 35.5 Å². The third-order valence-electron chi connectivity index (χ3n) is 12.6. The normalized spacial score (nSPS) is 24.6. The van der Waals surface area contributed by atoms with Crippen LogP contribution < -0.4 is 43.0 Å². The molecule has 9 atom stereocenters. The van der Waals surface area contributed by atoms with E-state index in [9.17, 15) is 53.1 Å². The van der Waals surface area contributed by atoms with Gasteiger partial charge < -0.3 is 52.8 Å². The molecule has 0 aromatic carbocycles. The minimum Gasteiger partial charge on any atom is -0.481 e. The fourth-order valence-corrected chi connectivity index (χ4v) is 8.37. The van der Waals surface area contributed by atoms with E-state index < -0.39 is 132 Å². The Balaban J connectivity index is 3.99. The second kappa shape index (κ2) is 33.4. The highest BCUT2D eigenvalue weighted by Gasteiger charge is 2.38. The van der Waals surface area contributed by atoms with Gasteiger partial charge in [-0.25, -0.2) is 4.79 Å². The summed E-state index contributed by atoms with van der Waals surface area (Å²) in [6.45, 7) is 22.0. The topological polar surface area (TPSA) is 310 Å². The van der Waals surface area contributed by atoms with Crippen LogP contribution in [-0.2, 0) is 52.7 Å². The molecule has 0 radical (unpaired) electrons. The second-order valence-electron chi connectivity index (χ2n) is 21.8. The Morgan fingerprint density at radius 2 is 0.972 bits per heavy atom. The molecule has 8 amide bonds. The molecule has 1 heterocycles. The van der Waals surface area contributed by atoms with E-state index >= 15 is 0 Å². The number of carboxylic acids is 1. The lowest BCUT2D eigenvalue weighted by Crippen LogP contribution is -2.61. The van der Waals surface area contributed by atoms with E-state index in [4.69, 9.17) is 10.5 Å². The summed E-state index contributed by atoms with van der Waals surface area (Å²) in [6, 6.07) is -9.49. The van der Waals surface area contributed by atoms with Gasteiger partial charge in [0.25, 0.3) is 0 Å². The standard InChI is InChI=1S/C52H92N8O12/c1-13-34(12)45-52(71)72-35(21-19-17-15-14-16-18-20-29(2)3)27-42(62)54-36(22-23-41(53)61)46(65)55-37(24-30(4)5)47(66)56-38(25-31(6)7)49(68)59-44(33(10)11)51(70)58-40(28-43(63)64)48(67)57-39(26-32(8)9)50(69)60-45/h29-40,44-45H,13-28H2,1-12H3,(H2,53,61)(H,54,62)(H,55,65)(H,56,66)(H,57,67)(H,58,70)(H,59,68)(H,60,69)(H,63,64)/t34-,35+,36-,37-,38+,39+,40-,44-,45-/m0/s1. The van der Waals surface area contributed by atoms with Crippen molar-refractivity contribution < 1.29 is 57.8 Å². The first-order valence-corrected chi connectivity index (χ1v) is 26.5. The number of unbranched alkanes of at least 4 members (excludes halogenated alkanes) is 5. The van der Waals surface area contributed by atoms with Gasteiger partial charge in [0.05, 0.1) is 12.8 Å². The predicted molar refractivity (Wildman–Crippen MR) is 273 cm³/mol. The molecule has 1 fully saturated rings. The first-order chi connectivity index (χ1) is 33.6. The van der Waals surface area contributed by atoms with Crippen molar-refractivity contribution in [3.8, 4) is 0 Å². The van der Waals surface area contributed by atoms with Crippen LogP contribution in [0.5, 0.6) is 0 Å². The summed E-state index contributed by atoms with van der Waals surface area (Å²) in [5.74, 6) is -9.80. The van der Waals surface area contributed by atoms with Crippen molar-refractivity contribution in [1.82, 2.24) is 37.2 Å². The van der Waals surface area contributed by atoms with Gasteiger partial charge >= 0.3 is 11.9 Å². The number of cyclic esters (lactones) is 1. The van der Waals surface area contributed by atoms with Crippen molar-refractivity contribution in [2.45, 2.75) is 234 Å². The maximum atomic E-state index is 14.3. The number of ether oxygens (including phenoxy) is 1. The fraction of sp³-hybridized carbons (Fsp3) is 0.808. The highest BCUT2D eigenvalue weighted by atomic mass is 16.5. The van der Waals surface area contributed by atoms with Gasteiger partial charge in [-0.2, -0.15) is 0 Å². The maximum absolute atomic E-state index is 14.3. The smallest absolute Gasteiger partial charge is 0.329 e. The molecule has 0 aliphatic carbocycles. The third kappa shape index (κ3) is 25.9. The summed E-state index contributed by atoms with van der Waals surface area (Å²) in [5, 5.41) is 28.4. The van der Waals surface area contributed by atoms with Gasteiger partial charge in [-0.15, -0.1) is 0 Å². The average molecular weight is 1020 g/mol. The lowest BCUT2D eigenvalue weighted by Gasteiger charge is -2.30. The van der Waals surface area contributed by atoms with Crippen LogP contribution in [-0.4, -0.2) is 113 Å². The Bertz CT molecular complexity index is 1790. The van der Waals surface area contributed by atoms with Crippen molar-refractivity contribution in [3.05, 3.63) is 0 Å². The minimum absolute atomic E-state index is 0.0456. The number of amides is 8. The van der Waals surface area contributed by atoms with E-state index in [2.05, 4.69) is 51.1 Å². The van der Waals surface area contributed by atoms with Crippen LogP contribution in [0.4, 0.5) is 0 Å². The molecule has 72 heavy (non-hydrogen) atoms. The van der Waals surface area contributed by atoms with E-state index in [1.807, 2.05) is 27.7 Å². The number of hydrogen-bond donors (Lipinski definition) is 9. The zero-order valence-electron chi connectivity index (χ0n) is 45.4. The molecule has 1 aliphatic rings. The summed E-state index contributed by atoms with van der Waals surface area (Å²) in [7, 11) is 0. The van der Waals surface area contributed by atoms with Gasteiger partial charge in [0.2, 0.25) is 47.3 Å². The second-order valence-corrected chi connectivity index (χ2v) is 21.8. The van der Waals surface area contributed by atoms with E-state index in [1.165, 1.54) is 0 Å². The molecule has 1 aliphatic heterocycles. The largest absolute Gasteiger partial charge is 0.481 e. The van der Waals surface area contributed by atoms with Gasteiger partial charge in [0.15, 0.2) is 0 Å². The Morgan fingerprint density at radius 3 is 1.42 bits per heavy atom. The Labute approximate surface area is 428 Å². The molecule has 10 N–H and O–H groups in total. The van der Waals surface area contributed by atoms with Gasteiger partial charge in [-0.1, -0.05) is 128 Å². The van der Waals surface area contributed by atoms with Crippen LogP contribution in [0.3, 0.4) is 0 Å². The van der Waals surface area contributed by atoms with Gasteiger partial charge in [0, 0.05) is 6.42 Å². The average Bonchev–Trinajstić information content (AvgIpc) is 3.26. The number of rotatable bonds is 23. The zero-order chi connectivity index (χ0) is 54.8. The predicted octanol–water partition coefficient (Wildman–Crippen LogP) is 4.05. The van der Waals surface area contributed by atoms with Crippen LogP contribution in [0.25, 0.3) is 0 Å². The molecule has 0 spiro atoms. The highest BCUT2D eigenvalue weighted by molar-refractivity contribution is 5.98. The maximum Gasteiger partial charge on any atom is 0.329 e. The molecule has 0 bridgehead atoms. The van der Waals surface area contributed by atoms with Gasteiger partial charge in [0.1, 0.15) is 48.4 Å². The number of aliphatic carboxylic acids is 1. The number of carboxylic acid groups (broad SMARTS) is 1. The van der Waals surface area contributed by atoms with Crippen molar-refractivity contribution in [2.75, 3.05) is 0 Å². The summed E-state index contributed by atoms with van der Waals surface area (Å²) < 4.78 is 6.07. The number of primary amides is 1. The quantitative estimate of drug-likeness (QED) is 0.0517. The molecule has 412 valence electrons. The first kappa shape index (κ1) is 64.7. The Morgan fingerprint density at radius 1 is 0.542 bits per heavy atom. The first-order valence-electron chi connectivity index (χ1n) is 26.5. The monoisotopic (exact) mass is 1020 g/mol. The van der Waals surface area contributed by atoms with Crippen LogP contribution in [0.15, 0.2) is 0 Å². The van der Waals surface area contributed by atoms with Gasteiger partial charge in [-0.05, 0) is 74.0 Å². The minimum atomic E-state index is -1.72. The SMILES string of the molecule is CC[C@H](C)[C@@H]1NC(=O)[C@@H](CC(C)C)NC(=O)[C@H](CC(=O)O)NC(=O)[C@H](C(C)C)NC(=O)[C@@H](CC(C)C)NC(=O)[C@H](CC(C)C)NC(=O)[C@H](CCC(N)=O)NC(=O)C[C@@H](CCCCCCCCC(C)C)OC1=O. The van der Waals surface area contributed by atoms with E-state index in [0.29, 0.717) is 18.8 Å². The summed E-state index contributed by atoms with van der Waals surface area (Å²) in [6.07, 6.45) is 4.64. The van der Waals surface area contributed by atoms with Crippen molar-refractivity contribution >= 4 is 59.2 Å². The molecule has 20 heteroatoms. The molecule has 0 aromatic rings. The molecule has 0 unspecified atom stereocenters. The van der Waals surface area contributed by atoms with Crippen molar-refractivity contribution in [2.24, 2.45) is 41.2 Å². The van der Waals surface area contributed by atoms with Gasteiger partial charge in [-0.3, -0.25) is 43.2 Å². The lowest BCUT2D eigenvalue weighted by atomic mass is 9.97. The van der Waals surface area contributed by atoms with Crippen LogP contribution in [0.1, 0.15) is 186 Å². The number of nitrogens with two attached hydrogens (primary N) is 1. The number of carbonyl (C=O) groups is 10. The zero-order valence-corrected chi connectivity index (χ0v) is 45.4. The molecule has 1 rings (SSSR count). The Hall–Kier alpha value is -5.30. The summed E-state index contributed by atoms with van der Waals surface area (Å²) in [4.78, 5) is 137. The Kier molecular flexibility index (Phi) is 30.0. The van der Waals surface area contributed by atoms with Crippen LogP contribution >= 0.6 is 0 Å². The number of hydrogen-bond acceptors (Lipinski definition) is 11. The third-order valence-corrected chi connectivity index (χ3v) is 12.6. The van der Waals surface area contributed by atoms with E-state index in [1.54, 1.807) is 41.5 Å². The molecular weight excluding hydrogens is 929 g/mol. The van der Waals surface area contributed by atoms with Crippen molar-refractivity contribution in [3.63, 3.8) is 0 Å².